The van der Waals surface area contributed by atoms with E-state index in [9.17, 15) is 13.2 Å². The molecule has 2 amide bonds. The Balaban J connectivity index is 1.74. The van der Waals surface area contributed by atoms with Gasteiger partial charge < -0.3 is 10.2 Å². The number of nitrogens with one attached hydrogen (secondary N) is 1. The summed E-state index contributed by atoms with van der Waals surface area (Å²) in [6.07, 6.45) is 4.74. The molecule has 0 spiro atoms. The van der Waals surface area contributed by atoms with Crippen molar-refractivity contribution in [2.75, 3.05) is 18.8 Å². The first-order valence-electron chi connectivity index (χ1n) is 7.39. The van der Waals surface area contributed by atoms with Gasteiger partial charge in [0.2, 0.25) is 10.0 Å². The summed E-state index contributed by atoms with van der Waals surface area (Å²) in [5.74, 6) is 0.809. The normalized spacial score (nSPS) is 28.6. The van der Waals surface area contributed by atoms with Crippen molar-refractivity contribution >= 4 is 16.1 Å². The van der Waals surface area contributed by atoms with E-state index in [-0.39, 0.29) is 17.7 Å². The average Bonchev–Trinajstić information content (AvgIpc) is 2.73. The number of nitrogens with zero attached hydrogens (tertiary/aromatic N) is 1. The molecule has 2 aliphatic rings. The molecule has 0 bridgehead atoms. The molecule has 0 aromatic rings. The van der Waals surface area contributed by atoms with Crippen LogP contribution in [0, 0.1) is 11.8 Å². The second-order valence-corrected chi connectivity index (χ2v) is 7.98. The van der Waals surface area contributed by atoms with Gasteiger partial charge in [0.25, 0.3) is 0 Å². The van der Waals surface area contributed by atoms with Crippen LogP contribution in [0.1, 0.15) is 39.0 Å². The lowest BCUT2D eigenvalue weighted by atomic mass is 9.99. The highest BCUT2D eigenvalue weighted by Gasteiger charge is 2.28. The number of piperidine rings is 1. The first-order chi connectivity index (χ1) is 9.33. The molecule has 0 radical (unpaired) electrons. The van der Waals surface area contributed by atoms with Gasteiger partial charge in [0, 0.05) is 19.1 Å². The molecule has 1 saturated carbocycles. The van der Waals surface area contributed by atoms with Crippen LogP contribution >= 0.6 is 0 Å². The Morgan fingerprint density at radius 2 is 1.90 bits per heavy atom. The van der Waals surface area contributed by atoms with Gasteiger partial charge in [-0.2, -0.15) is 0 Å². The number of rotatable bonds is 3. The smallest absolute Gasteiger partial charge is 0.317 e. The topological polar surface area (TPSA) is 92.5 Å². The number of nitrogens with two attached hydrogens (primary N) is 1. The highest BCUT2D eigenvalue weighted by atomic mass is 32.2. The number of primary sulfonamides is 1. The van der Waals surface area contributed by atoms with Crippen molar-refractivity contribution in [3.05, 3.63) is 0 Å². The Hall–Kier alpha value is -0.820. The molecule has 0 unspecified atom stereocenters. The summed E-state index contributed by atoms with van der Waals surface area (Å²) in [7, 11) is -3.41. The predicted octanol–water partition coefficient (Wildman–Crippen LogP) is 0.885. The van der Waals surface area contributed by atoms with Gasteiger partial charge in [0.05, 0.1) is 5.75 Å². The molecule has 2 fully saturated rings. The maximum atomic E-state index is 12.1. The van der Waals surface area contributed by atoms with Crippen molar-refractivity contribution in [3.8, 4) is 0 Å². The van der Waals surface area contributed by atoms with Gasteiger partial charge in [0.1, 0.15) is 0 Å². The third-order valence-corrected chi connectivity index (χ3v) is 5.33. The first kappa shape index (κ1) is 15.6. The van der Waals surface area contributed by atoms with Gasteiger partial charge in [-0.15, -0.1) is 0 Å². The molecule has 116 valence electrons. The fourth-order valence-electron chi connectivity index (χ4n) is 3.24. The van der Waals surface area contributed by atoms with Gasteiger partial charge in [-0.1, -0.05) is 6.92 Å². The van der Waals surface area contributed by atoms with Crippen molar-refractivity contribution in [2.24, 2.45) is 17.0 Å². The van der Waals surface area contributed by atoms with E-state index < -0.39 is 10.0 Å². The maximum Gasteiger partial charge on any atom is 0.317 e. The summed E-state index contributed by atoms with van der Waals surface area (Å²) in [6, 6.07) is 0.304. The summed E-state index contributed by atoms with van der Waals surface area (Å²) in [5, 5.41) is 8.15. The number of hydrogen-bond donors (Lipinski definition) is 2. The molecule has 6 nitrogen and oxygen atoms in total. The van der Waals surface area contributed by atoms with Crippen LogP contribution in [-0.4, -0.2) is 44.2 Å². The quantitative estimate of drug-likeness (QED) is 0.810. The van der Waals surface area contributed by atoms with E-state index in [1.165, 1.54) is 6.42 Å². The van der Waals surface area contributed by atoms with Gasteiger partial charge in [-0.05, 0) is 43.9 Å². The molecule has 2 atom stereocenters. The minimum atomic E-state index is -3.41. The monoisotopic (exact) mass is 303 g/mol. The van der Waals surface area contributed by atoms with Gasteiger partial charge in [0.15, 0.2) is 0 Å². The highest BCUT2D eigenvalue weighted by molar-refractivity contribution is 7.89. The molecular weight excluding hydrogens is 278 g/mol. The number of hydrogen-bond acceptors (Lipinski definition) is 3. The van der Waals surface area contributed by atoms with Gasteiger partial charge in [-0.3, -0.25) is 0 Å². The minimum Gasteiger partial charge on any atom is -0.335 e. The van der Waals surface area contributed by atoms with E-state index in [2.05, 4.69) is 12.2 Å². The van der Waals surface area contributed by atoms with Crippen LogP contribution in [-0.2, 0) is 10.0 Å². The number of urea groups is 1. The third-order valence-electron chi connectivity index (χ3n) is 4.39. The Labute approximate surface area is 121 Å². The van der Waals surface area contributed by atoms with Crippen LogP contribution in [0.15, 0.2) is 0 Å². The second-order valence-electron chi connectivity index (χ2n) is 6.32. The van der Waals surface area contributed by atoms with Crippen LogP contribution in [0.3, 0.4) is 0 Å². The number of amides is 2. The van der Waals surface area contributed by atoms with E-state index in [1.807, 2.05) is 0 Å². The first-order valence-corrected chi connectivity index (χ1v) is 9.11. The van der Waals surface area contributed by atoms with Crippen molar-refractivity contribution in [1.82, 2.24) is 10.2 Å². The zero-order valence-electron chi connectivity index (χ0n) is 12.0. The molecule has 1 saturated heterocycles. The number of carbonyl (C=O) groups excluding carboxylic acids is 1. The Bertz CT molecular complexity index is 444. The van der Waals surface area contributed by atoms with Gasteiger partial charge in [-0.25, -0.2) is 18.4 Å². The lowest BCUT2D eigenvalue weighted by Crippen LogP contribution is -2.48. The fourth-order valence-corrected chi connectivity index (χ4v) is 4.23. The molecule has 0 aromatic heterocycles. The van der Waals surface area contributed by atoms with Crippen molar-refractivity contribution < 1.29 is 13.2 Å². The van der Waals surface area contributed by atoms with E-state index in [0.717, 1.165) is 12.8 Å². The Morgan fingerprint density at radius 1 is 1.25 bits per heavy atom. The lowest BCUT2D eigenvalue weighted by Gasteiger charge is -2.32. The highest BCUT2D eigenvalue weighted by Crippen LogP contribution is 2.25. The zero-order chi connectivity index (χ0) is 14.8. The van der Waals surface area contributed by atoms with E-state index in [4.69, 9.17) is 5.14 Å². The van der Waals surface area contributed by atoms with Crippen molar-refractivity contribution in [2.45, 2.75) is 45.1 Å². The molecule has 3 N–H and O–H groups in total. The lowest BCUT2D eigenvalue weighted by molar-refractivity contribution is 0.171. The molecule has 0 aromatic carbocycles. The standard InChI is InChI=1S/C13H25N3O3S/c1-10-2-3-12(8-10)15-13(17)16-6-4-11(5-7-16)9-20(14,18)19/h10-12H,2-9H2,1H3,(H,15,17)(H2,14,18,19)/t10-,12-/m1/s1. The SMILES string of the molecule is C[C@@H]1CC[C@@H](NC(=O)N2CCC(CS(N)(=O)=O)CC2)C1. The third kappa shape index (κ3) is 4.63. The Morgan fingerprint density at radius 3 is 2.40 bits per heavy atom. The van der Waals surface area contributed by atoms with Crippen LogP contribution < -0.4 is 10.5 Å². The van der Waals surface area contributed by atoms with Crippen molar-refractivity contribution in [1.29, 1.82) is 0 Å². The number of carbonyl (C=O) groups is 1. The summed E-state index contributed by atoms with van der Waals surface area (Å²) < 4.78 is 22.1. The largest absolute Gasteiger partial charge is 0.335 e. The second kappa shape index (κ2) is 6.30. The van der Waals surface area contributed by atoms with E-state index in [0.29, 0.717) is 37.9 Å². The average molecular weight is 303 g/mol. The van der Waals surface area contributed by atoms with Crippen LogP contribution in [0.25, 0.3) is 0 Å². The van der Waals surface area contributed by atoms with E-state index in [1.54, 1.807) is 4.90 Å². The summed E-state index contributed by atoms with van der Waals surface area (Å²) in [6.45, 7) is 3.45. The summed E-state index contributed by atoms with van der Waals surface area (Å²) in [4.78, 5) is 13.9. The van der Waals surface area contributed by atoms with Crippen LogP contribution in [0.4, 0.5) is 4.79 Å². The van der Waals surface area contributed by atoms with Crippen LogP contribution in [0.5, 0.6) is 0 Å². The van der Waals surface area contributed by atoms with Crippen molar-refractivity contribution in [3.63, 3.8) is 0 Å². The number of likely N-dealkylation sites (tertiary alicyclic amines) is 1. The predicted molar refractivity (Wildman–Crippen MR) is 77.6 cm³/mol. The molecule has 1 aliphatic heterocycles. The van der Waals surface area contributed by atoms with E-state index >= 15 is 0 Å². The van der Waals surface area contributed by atoms with Gasteiger partial charge >= 0.3 is 6.03 Å². The summed E-state index contributed by atoms with van der Waals surface area (Å²) in [5.41, 5.74) is 0. The molecule has 20 heavy (non-hydrogen) atoms. The van der Waals surface area contributed by atoms with Crippen LogP contribution in [0.2, 0.25) is 0 Å². The Kier molecular flexibility index (Phi) is 4.90. The molecule has 1 heterocycles. The molecule has 2 rings (SSSR count). The molecule has 1 aliphatic carbocycles. The zero-order valence-corrected chi connectivity index (χ0v) is 12.9. The minimum absolute atomic E-state index is 0.00171. The fraction of sp³-hybridized carbons (Fsp3) is 0.923. The number of sulfonamides is 1. The molecular formula is C13H25N3O3S. The summed E-state index contributed by atoms with van der Waals surface area (Å²) >= 11 is 0. The maximum absolute atomic E-state index is 12.1. The molecule has 7 heteroatoms.